The molecule has 3 rings (SSSR count). The van der Waals surface area contributed by atoms with Gasteiger partial charge in [-0.1, -0.05) is 31.5 Å². The van der Waals surface area contributed by atoms with Gasteiger partial charge in [-0.15, -0.1) is 0 Å². The number of ketones is 1. The first-order valence-corrected chi connectivity index (χ1v) is 15.9. The second kappa shape index (κ2) is 13.4. The summed E-state index contributed by atoms with van der Waals surface area (Å²) in [5, 5.41) is 0.824. The van der Waals surface area contributed by atoms with Crippen molar-refractivity contribution in [3.63, 3.8) is 0 Å². The first-order chi connectivity index (χ1) is 17.5. The lowest BCUT2D eigenvalue weighted by Gasteiger charge is -2.37. The summed E-state index contributed by atoms with van der Waals surface area (Å²) >= 11 is 4.34. The van der Waals surface area contributed by atoms with Gasteiger partial charge in [0.15, 0.2) is 12.5 Å². The van der Waals surface area contributed by atoms with Crippen molar-refractivity contribution >= 4 is 69.8 Å². The Hall–Kier alpha value is -1.02. The third-order valence-electron chi connectivity index (χ3n) is 6.56. The molecule has 0 fully saturated rings. The van der Waals surface area contributed by atoms with Gasteiger partial charge >= 0.3 is 0 Å². The highest BCUT2D eigenvalue weighted by molar-refractivity contribution is 14.1. The van der Waals surface area contributed by atoms with E-state index in [9.17, 15) is 14.3 Å². The molecule has 1 unspecified atom stereocenters. The highest BCUT2D eigenvalue weighted by atomic mass is 127. The van der Waals surface area contributed by atoms with Crippen molar-refractivity contribution in [2.45, 2.75) is 40.0 Å². The minimum Gasteiger partial charge on any atom is -0.756 e. The second-order valence-corrected chi connectivity index (χ2v) is 12.4. The molecule has 0 radical (unpaired) electrons. The highest BCUT2D eigenvalue weighted by Crippen LogP contribution is 2.34. The van der Waals surface area contributed by atoms with Gasteiger partial charge in [0.25, 0.3) is 7.82 Å². The third-order valence-corrected chi connectivity index (χ3v) is 8.61. The molecule has 0 amide bonds. The van der Waals surface area contributed by atoms with Crippen LogP contribution in [-0.2, 0) is 15.5 Å². The smallest absolute Gasteiger partial charge is 0.269 e. The minimum atomic E-state index is -4.80. The molecule has 0 saturated heterocycles. The van der Waals surface area contributed by atoms with E-state index in [1.54, 1.807) is 0 Å². The number of hydrogen-bond acceptors (Lipinski definition) is 6. The van der Waals surface area contributed by atoms with E-state index in [0.717, 1.165) is 31.1 Å². The number of likely N-dealkylation sites (N-methyl/N-ethyl adjacent to an activating group) is 1. The summed E-state index contributed by atoms with van der Waals surface area (Å²) in [4.78, 5) is 33.8. The Morgan fingerprint density at radius 3 is 2.38 bits per heavy atom. The van der Waals surface area contributed by atoms with Crippen LogP contribution in [0.2, 0.25) is 0 Å². The van der Waals surface area contributed by atoms with E-state index < -0.39 is 7.82 Å². The van der Waals surface area contributed by atoms with Gasteiger partial charge in [-0.3, -0.25) is 18.4 Å². The monoisotopic (exact) mass is 755 g/mol. The molecule has 0 spiro atoms. The van der Waals surface area contributed by atoms with Gasteiger partial charge in [0.1, 0.15) is 30.2 Å². The number of benzene rings is 2. The Labute approximate surface area is 244 Å². The van der Waals surface area contributed by atoms with Crippen LogP contribution in [0, 0.1) is 7.14 Å². The number of quaternary nitrogens is 1. The van der Waals surface area contributed by atoms with Crippen LogP contribution >= 0.6 is 53.0 Å². The number of para-hydroxylation sites is 1. The molecule has 2 aromatic carbocycles. The molecule has 1 heterocycles. The summed E-state index contributed by atoms with van der Waals surface area (Å²) in [6, 6.07) is 11.3. The normalized spacial score (nSPS) is 13.6. The number of nitrogens with zero attached hydrogens (tertiary/aromatic N) is 1. The van der Waals surface area contributed by atoms with Crippen molar-refractivity contribution in [3.8, 4) is 5.75 Å². The first-order valence-electron chi connectivity index (χ1n) is 12.2. The van der Waals surface area contributed by atoms with E-state index in [1.165, 1.54) is 0 Å². The van der Waals surface area contributed by atoms with Crippen LogP contribution in [0.1, 0.15) is 55.3 Å². The molecule has 3 aromatic rings. The molecule has 202 valence electrons. The van der Waals surface area contributed by atoms with Crippen molar-refractivity contribution in [1.29, 1.82) is 0 Å². The van der Waals surface area contributed by atoms with E-state index >= 15 is 0 Å². The van der Waals surface area contributed by atoms with Gasteiger partial charge in [0.2, 0.25) is 0 Å². The Bertz CT molecular complexity index is 1260. The summed E-state index contributed by atoms with van der Waals surface area (Å²) in [6.07, 6.45) is 2.65. The maximum atomic E-state index is 13.7. The number of phosphoric ester groups is 1. The molecule has 0 bridgehead atoms. The van der Waals surface area contributed by atoms with E-state index in [1.807, 2.05) is 50.2 Å². The molecule has 37 heavy (non-hydrogen) atoms. The molecule has 1 N–H and O–H groups in total. The predicted octanol–water partition coefficient (Wildman–Crippen LogP) is 5.89. The van der Waals surface area contributed by atoms with Gasteiger partial charge in [-0.25, -0.2) is 0 Å². The number of furan rings is 1. The van der Waals surface area contributed by atoms with Gasteiger partial charge < -0.3 is 18.9 Å². The van der Waals surface area contributed by atoms with E-state index in [2.05, 4.69) is 52.1 Å². The maximum absolute atomic E-state index is 13.7. The Kier molecular flexibility index (Phi) is 11.0. The fourth-order valence-electron chi connectivity index (χ4n) is 4.16. The van der Waals surface area contributed by atoms with Crippen LogP contribution in [0.15, 0.2) is 40.8 Å². The average Bonchev–Trinajstić information content (AvgIpc) is 3.23. The molecule has 8 nitrogen and oxygen atoms in total. The zero-order valence-electron chi connectivity index (χ0n) is 21.2. The van der Waals surface area contributed by atoms with Crippen LogP contribution in [0.3, 0.4) is 0 Å². The molecule has 0 aliphatic carbocycles. The first kappa shape index (κ1) is 30.5. The number of unbranched alkanes of at least 4 members (excludes halogenated alkanes) is 1. The predicted molar refractivity (Wildman–Crippen MR) is 158 cm³/mol. The quantitative estimate of drug-likeness (QED) is 0.0720. The average molecular weight is 755 g/mol. The molecular weight excluding hydrogens is 723 g/mol. The summed E-state index contributed by atoms with van der Waals surface area (Å²) in [5.74, 6) is 1.32. The number of halogens is 2. The summed E-state index contributed by atoms with van der Waals surface area (Å²) < 4.78 is 29.9. The van der Waals surface area contributed by atoms with E-state index in [-0.39, 0.29) is 12.5 Å². The second-order valence-electron chi connectivity index (χ2n) is 8.87. The molecule has 0 aliphatic rings. The van der Waals surface area contributed by atoms with Crippen LogP contribution in [0.4, 0.5) is 0 Å². The zero-order valence-corrected chi connectivity index (χ0v) is 26.4. The van der Waals surface area contributed by atoms with E-state index in [0.29, 0.717) is 59.6 Å². The molecule has 0 saturated carbocycles. The lowest BCUT2D eigenvalue weighted by atomic mass is 9.98. The standard InChI is InChI=1S/C26H32I2NO7P/c1-4-7-11-23-24(19-10-8-9-12-22(19)36-23)25(30)18-15-20(27)26(21(28)16-18)34-14-13-29(5-2,6-3)17-35-37(31,32)33/h8-10,12,15-16H,4-7,11,13-14,17H2,1-3H3,(H-,31,32,33). The number of carbonyl (C=O) groups is 1. The Morgan fingerprint density at radius 1 is 1.14 bits per heavy atom. The van der Waals surface area contributed by atoms with Gasteiger partial charge in [-0.05, 0) is 83.6 Å². The fourth-order valence-corrected chi connectivity index (χ4v) is 6.63. The number of ether oxygens (including phenoxy) is 1. The number of rotatable bonds is 14. The summed E-state index contributed by atoms with van der Waals surface area (Å²) in [5.41, 5.74) is 1.91. The number of fused-ring (bicyclic) bond motifs is 1. The summed E-state index contributed by atoms with van der Waals surface area (Å²) in [6.45, 7) is 7.84. The zero-order chi connectivity index (χ0) is 27.2. The third kappa shape index (κ3) is 7.77. The van der Waals surface area contributed by atoms with Gasteiger partial charge in [-0.2, -0.15) is 0 Å². The van der Waals surface area contributed by atoms with Crippen molar-refractivity contribution in [1.82, 2.24) is 0 Å². The van der Waals surface area contributed by atoms with Gasteiger partial charge in [0.05, 0.1) is 25.8 Å². The molecule has 1 aromatic heterocycles. The van der Waals surface area contributed by atoms with Crippen LogP contribution < -0.4 is 9.63 Å². The number of hydrogen-bond donors (Lipinski definition) is 1. The van der Waals surface area contributed by atoms with Crippen molar-refractivity contribution in [2.75, 3.05) is 33.0 Å². The number of aryl methyl sites for hydroxylation is 1. The lowest BCUT2D eigenvalue weighted by Crippen LogP contribution is -2.51. The molecular formula is C26H32I2NO7P. The topological polar surface area (TPSA) is 109 Å². The maximum Gasteiger partial charge on any atom is 0.269 e. The van der Waals surface area contributed by atoms with Crippen molar-refractivity contribution in [2.24, 2.45) is 0 Å². The van der Waals surface area contributed by atoms with Crippen LogP contribution in [0.25, 0.3) is 11.0 Å². The summed E-state index contributed by atoms with van der Waals surface area (Å²) in [7, 11) is -4.80. The minimum absolute atomic E-state index is 0.0747. The van der Waals surface area contributed by atoms with E-state index in [4.69, 9.17) is 18.6 Å². The van der Waals surface area contributed by atoms with Crippen molar-refractivity contribution in [3.05, 3.63) is 60.4 Å². The van der Waals surface area contributed by atoms with Crippen molar-refractivity contribution < 1.29 is 37.3 Å². The Balaban J connectivity index is 1.81. The SMILES string of the molecule is CCCCc1oc2ccccc2c1C(=O)c1cc(I)c(OCC[N+](CC)(CC)COP(=O)([O-])O)c(I)c1. The number of phosphoric acid groups is 1. The molecule has 1 atom stereocenters. The Morgan fingerprint density at radius 2 is 1.78 bits per heavy atom. The lowest BCUT2D eigenvalue weighted by molar-refractivity contribution is -0.939. The van der Waals surface area contributed by atoms with Gasteiger partial charge in [0, 0.05) is 17.4 Å². The van der Waals surface area contributed by atoms with Crippen LogP contribution in [0.5, 0.6) is 5.75 Å². The van der Waals surface area contributed by atoms with Crippen LogP contribution in [-0.4, -0.2) is 48.1 Å². The largest absolute Gasteiger partial charge is 0.756 e. The number of carbonyl (C=O) groups excluding carboxylic acids is 1. The fraction of sp³-hybridized carbons (Fsp3) is 0.423. The molecule has 11 heteroatoms. The molecule has 0 aliphatic heterocycles. The highest BCUT2D eigenvalue weighted by Gasteiger charge is 2.27.